The van der Waals surface area contributed by atoms with E-state index in [1.54, 1.807) is 0 Å². The zero-order valence-electron chi connectivity index (χ0n) is 17.3. The first-order valence-electron chi connectivity index (χ1n) is 11.0. The summed E-state index contributed by atoms with van der Waals surface area (Å²) in [7, 11) is 0. The van der Waals surface area contributed by atoms with E-state index in [-0.39, 0.29) is 23.0 Å². The highest BCUT2D eigenvalue weighted by Crippen LogP contribution is 2.52. The zero-order valence-corrected chi connectivity index (χ0v) is 17.3. The maximum Gasteiger partial charge on any atom is 0.343 e. The van der Waals surface area contributed by atoms with E-state index in [4.69, 9.17) is 9.47 Å². The van der Waals surface area contributed by atoms with Gasteiger partial charge in [0.2, 0.25) is 0 Å². The van der Waals surface area contributed by atoms with Crippen LogP contribution in [0.25, 0.3) is 0 Å². The van der Waals surface area contributed by atoms with E-state index >= 15 is 0 Å². The highest BCUT2D eigenvalue weighted by Gasteiger charge is 2.56. The van der Waals surface area contributed by atoms with Gasteiger partial charge in [0.1, 0.15) is 6.10 Å². The number of rotatable bonds is 5. The molecule has 4 heteroatoms. The molecule has 1 aromatic rings. The van der Waals surface area contributed by atoms with E-state index in [0.29, 0.717) is 5.56 Å². The molecule has 0 bridgehead atoms. The first-order valence-corrected chi connectivity index (χ1v) is 11.0. The first-order chi connectivity index (χ1) is 13.4. The second-order valence-corrected chi connectivity index (χ2v) is 9.67. The van der Waals surface area contributed by atoms with Crippen LogP contribution in [0.15, 0.2) is 30.3 Å². The van der Waals surface area contributed by atoms with Gasteiger partial charge < -0.3 is 14.6 Å². The highest BCUT2D eigenvalue weighted by atomic mass is 16.6. The van der Waals surface area contributed by atoms with Crippen LogP contribution >= 0.6 is 0 Å². The summed E-state index contributed by atoms with van der Waals surface area (Å²) < 4.78 is 11.9. The number of aliphatic hydroxyl groups is 1. The summed E-state index contributed by atoms with van der Waals surface area (Å²) in [5.74, 6) is -0.523. The quantitative estimate of drug-likeness (QED) is 0.451. The molecule has 3 aliphatic rings. The summed E-state index contributed by atoms with van der Waals surface area (Å²) in [4.78, 5) is 13.4. The normalized spacial score (nSPS) is 35.8. The van der Waals surface area contributed by atoms with Crippen molar-refractivity contribution in [3.8, 4) is 0 Å². The Balaban J connectivity index is 1.55. The Bertz CT molecular complexity index is 692. The van der Waals surface area contributed by atoms with Crippen LogP contribution in [-0.4, -0.2) is 29.4 Å². The van der Waals surface area contributed by atoms with Gasteiger partial charge in [0, 0.05) is 11.3 Å². The van der Waals surface area contributed by atoms with Crippen molar-refractivity contribution in [2.45, 2.75) is 88.9 Å². The Morgan fingerprint density at radius 3 is 2.39 bits per heavy atom. The van der Waals surface area contributed by atoms with Crippen molar-refractivity contribution in [1.82, 2.24) is 0 Å². The molecule has 3 fully saturated rings. The highest BCUT2D eigenvalue weighted by molar-refractivity contribution is 5.81. The van der Waals surface area contributed by atoms with Crippen molar-refractivity contribution in [3.63, 3.8) is 0 Å². The second-order valence-electron chi connectivity index (χ2n) is 9.67. The topological polar surface area (TPSA) is 59.1 Å². The Labute approximate surface area is 168 Å². The van der Waals surface area contributed by atoms with Crippen LogP contribution in [0.2, 0.25) is 0 Å². The van der Waals surface area contributed by atoms with Crippen LogP contribution in [0.5, 0.6) is 0 Å². The van der Waals surface area contributed by atoms with Crippen molar-refractivity contribution in [3.05, 3.63) is 35.9 Å². The third-order valence-corrected chi connectivity index (χ3v) is 7.78. The molecule has 0 amide bonds. The maximum atomic E-state index is 13.4. The molecular weight excluding hydrogens is 352 g/mol. The zero-order chi connectivity index (χ0) is 19.8. The molecule has 1 aliphatic heterocycles. The summed E-state index contributed by atoms with van der Waals surface area (Å²) in [6.07, 6.45) is 8.67. The van der Waals surface area contributed by atoms with E-state index in [0.717, 1.165) is 64.4 Å². The molecule has 0 spiro atoms. The van der Waals surface area contributed by atoms with Crippen molar-refractivity contribution in [2.75, 3.05) is 6.61 Å². The lowest BCUT2D eigenvalue weighted by atomic mass is 9.72. The van der Waals surface area contributed by atoms with E-state index in [1.165, 1.54) is 0 Å². The van der Waals surface area contributed by atoms with Gasteiger partial charge >= 0.3 is 5.97 Å². The monoisotopic (exact) mass is 386 g/mol. The molecule has 1 heterocycles. The molecule has 0 radical (unpaired) electrons. The van der Waals surface area contributed by atoms with Gasteiger partial charge in [-0.25, -0.2) is 4.79 Å². The van der Waals surface area contributed by atoms with E-state index in [2.05, 4.69) is 13.8 Å². The Morgan fingerprint density at radius 1 is 1.11 bits per heavy atom. The van der Waals surface area contributed by atoms with Crippen LogP contribution < -0.4 is 0 Å². The van der Waals surface area contributed by atoms with Gasteiger partial charge in [-0.05, 0) is 51.0 Å². The number of benzene rings is 1. The second kappa shape index (κ2) is 7.46. The fourth-order valence-electron chi connectivity index (χ4n) is 5.43. The molecule has 1 N–H and O–H groups in total. The minimum Gasteiger partial charge on any atom is -0.460 e. The van der Waals surface area contributed by atoms with Crippen molar-refractivity contribution in [1.29, 1.82) is 0 Å². The van der Waals surface area contributed by atoms with Crippen LogP contribution in [0.4, 0.5) is 0 Å². The number of carbonyl (C=O) groups is 1. The molecule has 2 aliphatic carbocycles. The average molecular weight is 387 g/mol. The summed E-state index contributed by atoms with van der Waals surface area (Å²) in [5.41, 5.74) is -0.947. The summed E-state index contributed by atoms with van der Waals surface area (Å²) in [6.45, 7) is 5.24. The van der Waals surface area contributed by atoms with Crippen LogP contribution in [-0.2, 0) is 19.9 Å². The van der Waals surface area contributed by atoms with Crippen LogP contribution in [0.3, 0.4) is 0 Å². The molecule has 1 saturated heterocycles. The molecule has 4 unspecified atom stereocenters. The predicted molar refractivity (Wildman–Crippen MR) is 108 cm³/mol. The number of carbonyl (C=O) groups excluding carboxylic acids is 1. The van der Waals surface area contributed by atoms with Crippen molar-refractivity contribution < 1.29 is 19.4 Å². The Morgan fingerprint density at radius 2 is 1.75 bits per heavy atom. The minimum atomic E-state index is -1.54. The van der Waals surface area contributed by atoms with Crippen LogP contribution in [0, 0.1) is 11.3 Å². The number of esters is 1. The van der Waals surface area contributed by atoms with Gasteiger partial charge in [0.15, 0.2) is 5.60 Å². The average Bonchev–Trinajstić information content (AvgIpc) is 3.28. The fourth-order valence-corrected chi connectivity index (χ4v) is 5.43. The molecule has 154 valence electrons. The third kappa shape index (κ3) is 3.50. The molecule has 0 aromatic heterocycles. The molecule has 4 atom stereocenters. The van der Waals surface area contributed by atoms with Gasteiger partial charge in [0.05, 0.1) is 12.2 Å². The van der Waals surface area contributed by atoms with E-state index in [1.807, 2.05) is 30.3 Å². The molecule has 2 saturated carbocycles. The smallest absolute Gasteiger partial charge is 0.343 e. The lowest BCUT2D eigenvalue weighted by Crippen LogP contribution is -2.45. The molecule has 4 nitrogen and oxygen atoms in total. The van der Waals surface area contributed by atoms with Crippen molar-refractivity contribution >= 4 is 5.97 Å². The standard InChI is InChI=1S/C24H34O4/c1-22(23(2)17-27-23)15-9-8-14-20(16-22)28-21(25)24(26,19-12-6-7-13-19)18-10-4-3-5-11-18/h3-5,10-11,19-20,26H,6-9,12-17H2,1-2H3. The van der Waals surface area contributed by atoms with Crippen molar-refractivity contribution in [2.24, 2.45) is 11.3 Å². The van der Waals surface area contributed by atoms with Gasteiger partial charge in [-0.1, -0.05) is 56.5 Å². The van der Waals surface area contributed by atoms with Gasteiger partial charge in [-0.3, -0.25) is 0 Å². The minimum absolute atomic E-state index is 0.0205. The number of hydrogen-bond donors (Lipinski definition) is 1. The summed E-state index contributed by atoms with van der Waals surface area (Å²) in [6, 6.07) is 9.40. The summed E-state index contributed by atoms with van der Waals surface area (Å²) in [5, 5.41) is 11.7. The first kappa shape index (κ1) is 19.9. The largest absolute Gasteiger partial charge is 0.460 e. The van der Waals surface area contributed by atoms with Crippen LogP contribution in [0.1, 0.15) is 77.2 Å². The maximum absolute atomic E-state index is 13.4. The molecule has 4 rings (SSSR count). The summed E-state index contributed by atoms with van der Waals surface area (Å²) >= 11 is 0. The fraction of sp³-hybridized carbons (Fsp3) is 0.708. The predicted octanol–water partition coefficient (Wildman–Crippen LogP) is 4.74. The molecular formula is C24H34O4. The Kier molecular flexibility index (Phi) is 5.30. The SMILES string of the molecule is CC1(C2(C)CO2)CCCCC(OC(=O)C(O)(c2ccccc2)C2CCCC2)C1. The lowest BCUT2D eigenvalue weighted by molar-refractivity contribution is -0.181. The Hall–Kier alpha value is -1.39. The third-order valence-electron chi connectivity index (χ3n) is 7.78. The van der Waals surface area contributed by atoms with Gasteiger partial charge in [-0.15, -0.1) is 0 Å². The van der Waals surface area contributed by atoms with Gasteiger partial charge in [-0.2, -0.15) is 0 Å². The molecule has 28 heavy (non-hydrogen) atoms. The van der Waals surface area contributed by atoms with E-state index < -0.39 is 11.6 Å². The number of epoxide rings is 1. The molecule has 1 aromatic carbocycles. The number of hydrogen-bond acceptors (Lipinski definition) is 4. The van der Waals surface area contributed by atoms with E-state index in [9.17, 15) is 9.90 Å². The lowest BCUT2D eigenvalue weighted by Gasteiger charge is -2.37. The number of ether oxygens (including phenoxy) is 2. The van der Waals surface area contributed by atoms with Gasteiger partial charge in [0.25, 0.3) is 0 Å².